The zero-order valence-corrected chi connectivity index (χ0v) is 12.5. The number of carboxylic acid groups (broad SMARTS) is 1. The summed E-state index contributed by atoms with van der Waals surface area (Å²) in [6.45, 7) is 4.95. The van der Waals surface area contributed by atoms with Gasteiger partial charge in [0.2, 0.25) is 0 Å². The van der Waals surface area contributed by atoms with E-state index in [2.05, 4.69) is 19.2 Å². The first-order chi connectivity index (χ1) is 9.49. The van der Waals surface area contributed by atoms with Crippen LogP contribution in [0.3, 0.4) is 0 Å². The van der Waals surface area contributed by atoms with Crippen LogP contribution >= 0.6 is 0 Å². The van der Waals surface area contributed by atoms with E-state index in [1.54, 1.807) is 0 Å². The van der Waals surface area contributed by atoms with Crippen LogP contribution in [0, 0.1) is 11.8 Å². The van der Waals surface area contributed by atoms with Gasteiger partial charge in [-0.05, 0) is 31.6 Å². The maximum absolute atomic E-state index is 12.4. The largest absolute Gasteiger partial charge is 0.481 e. The fraction of sp³-hybridized carbons (Fsp3) is 0.867. The summed E-state index contributed by atoms with van der Waals surface area (Å²) in [6, 6.07) is 0.0887. The van der Waals surface area contributed by atoms with E-state index in [1.807, 2.05) is 4.90 Å². The van der Waals surface area contributed by atoms with Crippen molar-refractivity contribution < 1.29 is 14.7 Å². The molecule has 0 aromatic carbocycles. The molecule has 20 heavy (non-hydrogen) atoms. The monoisotopic (exact) mass is 282 g/mol. The zero-order valence-electron chi connectivity index (χ0n) is 12.5. The van der Waals surface area contributed by atoms with E-state index in [-0.39, 0.29) is 12.1 Å². The van der Waals surface area contributed by atoms with Crippen molar-refractivity contribution in [3.8, 4) is 0 Å². The van der Waals surface area contributed by atoms with Crippen LogP contribution in [0.15, 0.2) is 0 Å². The lowest BCUT2D eigenvalue weighted by atomic mass is 9.84. The summed E-state index contributed by atoms with van der Waals surface area (Å²) in [5.41, 5.74) is 0. The lowest BCUT2D eigenvalue weighted by Gasteiger charge is -2.32. The predicted molar refractivity (Wildman–Crippen MR) is 76.5 cm³/mol. The molecule has 0 spiro atoms. The number of amides is 2. The number of hydrogen-bond acceptors (Lipinski definition) is 2. The smallest absolute Gasteiger partial charge is 0.317 e. The van der Waals surface area contributed by atoms with Crippen LogP contribution in [0.25, 0.3) is 0 Å². The molecule has 2 N–H and O–H groups in total. The Morgan fingerprint density at radius 2 is 1.85 bits per heavy atom. The molecule has 2 unspecified atom stereocenters. The molecule has 0 aromatic rings. The Morgan fingerprint density at radius 1 is 1.20 bits per heavy atom. The highest BCUT2D eigenvalue weighted by Crippen LogP contribution is 2.29. The molecule has 2 saturated carbocycles. The summed E-state index contributed by atoms with van der Waals surface area (Å²) in [6.07, 6.45) is 5.56. The molecule has 0 heterocycles. The summed E-state index contributed by atoms with van der Waals surface area (Å²) >= 11 is 0. The molecule has 2 aliphatic rings. The maximum Gasteiger partial charge on any atom is 0.317 e. The minimum Gasteiger partial charge on any atom is -0.481 e. The minimum absolute atomic E-state index is 0.0700. The molecule has 0 saturated heterocycles. The average Bonchev–Trinajstić information content (AvgIpc) is 3.20. The average molecular weight is 282 g/mol. The number of nitrogens with zero attached hydrogens (tertiary/aromatic N) is 1. The minimum atomic E-state index is -0.781. The van der Waals surface area contributed by atoms with Crippen molar-refractivity contribution in [1.29, 1.82) is 0 Å². The Balaban J connectivity index is 1.95. The van der Waals surface area contributed by atoms with E-state index < -0.39 is 11.9 Å². The third kappa shape index (κ3) is 3.87. The third-order valence-electron chi connectivity index (χ3n) is 4.20. The fourth-order valence-corrected chi connectivity index (χ4v) is 3.02. The number of urea groups is 1. The summed E-state index contributed by atoms with van der Waals surface area (Å²) < 4.78 is 0. The van der Waals surface area contributed by atoms with Crippen LogP contribution < -0.4 is 5.32 Å². The second kappa shape index (κ2) is 6.46. The van der Waals surface area contributed by atoms with Gasteiger partial charge < -0.3 is 15.3 Å². The molecule has 0 aromatic heterocycles. The van der Waals surface area contributed by atoms with Gasteiger partial charge in [0, 0.05) is 18.6 Å². The van der Waals surface area contributed by atoms with E-state index in [0.717, 1.165) is 38.6 Å². The van der Waals surface area contributed by atoms with E-state index in [0.29, 0.717) is 18.4 Å². The van der Waals surface area contributed by atoms with Crippen LogP contribution in [-0.2, 0) is 4.79 Å². The topological polar surface area (TPSA) is 69.6 Å². The highest BCUT2D eigenvalue weighted by Gasteiger charge is 2.36. The predicted octanol–water partition coefficient (Wildman–Crippen LogP) is 2.46. The molecule has 0 aliphatic heterocycles. The molecule has 0 radical (unpaired) electrons. The molecule has 2 fully saturated rings. The molecule has 5 heteroatoms. The fourth-order valence-electron chi connectivity index (χ4n) is 3.02. The van der Waals surface area contributed by atoms with Gasteiger partial charge >= 0.3 is 12.0 Å². The SMILES string of the molecule is CC(C)CN(C(=O)NC1CCCCC1C(=O)O)C1CC1. The van der Waals surface area contributed by atoms with Crippen LogP contribution in [0.1, 0.15) is 52.4 Å². The van der Waals surface area contributed by atoms with Gasteiger partial charge in [0.25, 0.3) is 0 Å². The Bertz CT molecular complexity index is 366. The molecule has 114 valence electrons. The Morgan fingerprint density at radius 3 is 2.40 bits per heavy atom. The summed E-state index contributed by atoms with van der Waals surface area (Å²) in [4.78, 5) is 25.6. The number of rotatable bonds is 5. The van der Waals surface area contributed by atoms with E-state index in [4.69, 9.17) is 0 Å². The van der Waals surface area contributed by atoms with Crippen LogP contribution in [0.4, 0.5) is 4.79 Å². The first-order valence-electron chi connectivity index (χ1n) is 7.79. The molecule has 2 aliphatic carbocycles. The van der Waals surface area contributed by atoms with Crippen molar-refractivity contribution in [2.75, 3.05) is 6.54 Å². The number of carbonyl (C=O) groups excluding carboxylic acids is 1. The normalized spacial score (nSPS) is 26.4. The van der Waals surface area contributed by atoms with Gasteiger partial charge in [0.15, 0.2) is 0 Å². The Hall–Kier alpha value is -1.26. The van der Waals surface area contributed by atoms with Crippen LogP contribution in [0.2, 0.25) is 0 Å². The lowest BCUT2D eigenvalue weighted by molar-refractivity contribution is -0.143. The van der Waals surface area contributed by atoms with Crippen LogP contribution in [-0.4, -0.2) is 40.6 Å². The lowest BCUT2D eigenvalue weighted by Crippen LogP contribution is -2.51. The van der Waals surface area contributed by atoms with Crippen molar-refractivity contribution in [3.05, 3.63) is 0 Å². The number of aliphatic carboxylic acids is 1. The second-order valence-electron chi connectivity index (χ2n) is 6.56. The van der Waals surface area contributed by atoms with Crippen molar-refractivity contribution in [1.82, 2.24) is 10.2 Å². The number of hydrogen-bond donors (Lipinski definition) is 2. The van der Waals surface area contributed by atoms with Gasteiger partial charge in [0.1, 0.15) is 0 Å². The highest BCUT2D eigenvalue weighted by molar-refractivity contribution is 5.77. The summed E-state index contributed by atoms with van der Waals surface area (Å²) in [5, 5.41) is 12.2. The van der Waals surface area contributed by atoms with Gasteiger partial charge in [-0.25, -0.2) is 4.79 Å². The van der Waals surface area contributed by atoms with E-state index in [1.165, 1.54) is 0 Å². The molecule has 2 atom stereocenters. The Labute approximate surface area is 120 Å². The zero-order chi connectivity index (χ0) is 14.7. The van der Waals surface area contributed by atoms with Crippen molar-refractivity contribution in [2.45, 2.75) is 64.5 Å². The highest BCUT2D eigenvalue weighted by atomic mass is 16.4. The molecule has 2 amide bonds. The summed E-state index contributed by atoms with van der Waals surface area (Å²) in [5.74, 6) is -0.771. The molecular formula is C15H26N2O3. The van der Waals surface area contributed by atoms with Crippen molar-refractivity contribution >= 4 is 12.0 Å². The second-order valence-corrected chi connectivity index (χ2v) is 6.56. The molecule has 0 bridgehead atoms. The number of nitrogens with one attached hydrogen (secondary N) is 1. The quantitative estimate of drug-likeness (QED) is 0.813. The molecule has 5 nitrogen and oxygen atoms in total. The van der Waals surface area contributed by atoms with Crippen molar-refractivity contribution in [2.24, 2.45) is 11.8 Å². The van der Waals surface area contributed by atoms with Crippen molar-refractivity contribution in [3.63, 3.8) is 0 Å². The van der Waals surface area contributed by atoms with E-state index in [9.17, 15) is 14.7 Å². The van der Waals surface area contributed by atoms with Gasteiger partial charge in [-0.15, -0.1) is 0 Å². The standard InChI is InChI=1S/C15H26N2O3/c1-10(2)9-17(11-7-8-11)15(20)16-13-6-4-3-5-12(13)14(18)19/h10-13H,3-9H2,1-2H3,(H,16,20)(H,18,19). The maximum atomic E-state index is 12.4. The van der Waals surface area contributed by atoms with E-state index >= 15 is 0 Å². The van der Waals surface area contributed by atoms with Gasteiger partial charge in [-0.1, -0.05) is 26.7 Å². The van der Waals surface area contributed by atoms with Gasteiger partial charge in [0.05, 0.1) is 5.92 Å². The Kier molecular flexibility index (Phi) is 4.89. The van der Waals surface area contributed by atoms with Gasteiger partial charge in [-0.2, -0.15) is 0 Å². The molecule has 2 rings (SSSR count). The number of carboxylic acids is 1. The first kappa shape index (κ1) is 15.1. The number of carbonyl (C=O) groups is 2. The van der Waals surface area contributed by atoms with Gasteiger partial charge in [-0.3, -0.25) is 4.79 Å². The van der Waals surface area contributed by atoms with Crippen LogP contribution in [0.5, 0.6) is 0 Å². The third-order valence-corrected chi connectivity index (χ3v) is 4.20. The summed E-state index contributed by atoms with van der Waals surface area (Å²) in [7, 11) is 0. The molecular weight excluding hydrogens is 256 g/mol. The first-order valence-corrected chi connectivity index (χ1v) is 7.79.